The largest absolute Gasteiger partial charge is 0.378 e. The smallest absolute Gasteiger partial charge is 0.214 e. The first-order valence-electron chi connectivity index (χ1n) is 6.41. The Bertz CT molecular complexity index is 311. The molecule has 0 aromatic rings. The molecule has 0 amide bonds. The first-order valence-corrected chi connectivity index (χ1v) is 8.02. The summed E-state index contributed by atoms with van der Waals surface area (Å²) in [5, 5.41) is 9.67. The molecule has 1 rings (SSSR count). The fraction of sp³-hybridized carbons (Fsp3) is 1.00. The van der Waals surface area contributed by atoms with Gasteiger partial charge in [0.15, 0.2) is 0 Å². The minimum Gasteiger partial charge on any atom is -0.378 e. The molecular formula is C11H24N2O3S. The van der Waals surface area contributed by atoms with E-state index in [1.165, 1.54) is 0 Å². The van der Waals surface area contributed by atoms with Crippen LogP contribution >= 0.6 is 0 Å². The van der Waals surface area contributed by atoms with Gasteiger partial charge in [-0.25, -0.2) is 8.42 Å². The van der Waals surface area contributed by atoms with E-state index in [1.54, 1.807) is 4.31 Å². The summed E-state index contributed by atoms with van der Waals surface area (Å²) in [7, 11) is -3.08. The highest BCUT2D eigenvalue weighted by Gasteiger charge is 2.28. The van der Waals surface area contributed by atoms with E-state index in [2.05, 4.69) is 0 Å². The fourth-order valence-electron chi connectivity index (χ4n) is 1.99. The molecule has 1 atom stereocenters. The maximum atomic E-state index is 11.9. The van der Waals surface area contributed by atoms with Gasteiger partial charge in [0.2, 0.25) is 10.0 Å². The number of piperazine rings is 1. The normalized spacial score (nSPS) is 21.6. The van der Waals surface area contributed by atoms with Crippen molar-refractivity contribution in [2.45, 2.75) is 39.3 Å². The highest BCUT2D eigenvalue weighted by atomic mass is 32.2. The van der Waals surface area contributed by atoms with Crippen molar-refractivity contribution >= 4 is 10.0 Å². The molecule has 0 spiro atoms. The Balaban J connectivity index is 2.46. The van der Waals surface area contributed by atoms with Crippen LogP contribution in [0.25, 0.3) is 0 Å². The number of unbranched alkanes of at least 4 members (excludes halogenated alkanes) is 1. The van der Waals surface area contributed by atoms with Gasteiger partial charge in [0.05, 0.1) is 5.75 Å². The number of rotatable bonds is 6. The Kier molecular flexibility index (Phi) is 5.85. The molecule has 0 aromatic heterocycles. The second kappa shape index (κ2) is 6.68. The van der Waals surface area contributed by atoms with Crippen molar-refractivity contribution in [3.63, 3.8) is 0 Å². The van der Waals surface area contributed by atoms with Crippen LogP contribution in [0.3, 0.4) is 0 Å². The van der Waals surface area contributed by atoms with Crippen LogP contribution in [0.15, 0.2) is 0 Å². The maximum Gasteiger partial charge on any atom is 0.214 e. The van der Waals surface area contributed by atoms with Gasteiger partial charge in [0, 0.05) is 26.2 Å². The summed E-state index contributed by atoms with van der Waals surface area (Å²) in [4.78, 5) is 1.94. The molecule has 0 aromatic carbocycles. The Morgan fingerprint density at radius 2 is 1.76 bits per heavy atom. The van der Waals surface area contributed by atoms with Crippen LogP contribution in [-0.2, 0) is 10.0 Å². The zero-order chi connectivity index (χ0) is 12.9. The predicted octanol–water partition coefficient (Wildman–Crippen LogP) is 0.462. The van der Waals surface area contributed by atoms with Crippen molar-refractivity contribution in [1.29, 1.82) is 0 Å². The summed E-state index contributed by atoms with van der Waals surface area (Å²) in [5.41, 5.74) is 0. The molecule has 1 aliphatic rings. The SMILES string of the molecule is CCCCS(=O)(=O)N1CCN(C(O)CC)CC1. The van der Waals surface area contributed by atoms with E-state index < -0.39 is 16.3 Å². The van der Waals surface area contributed by atoms with Crippen LogP contribution in [-0.4, -0.2) is 60.9 Å². The zero-order valence-corrected chi connectivity index (χ0v) is 11.6. The van der Waals surface area contributed by atoms with Crippen LogP contribution in [0.5, 0.6) is 0 Å². The van der Waals surface area contributed by atoms with E-state index in [1.807, 2.05) is 18.7 Å². The van der Waals surface area contributed by atoms with Crippen molar-refractivity contribution in [3.8, 4) is 0 Å². The van der Waals surface area contributed by atoms with Crippen molar-refractivity contribution in [2.24, 2.45) is 0 Å². The zero-order valence-electron chi connectivity index (χ0n) is 10.8. The number of hydrogen-bond donors (Lipinski definition) is 1. The molecule has 1 unspecified atom stereocenters. The van der Waals surface area contributed by atoms with Crippen LogP contribution in [0.2, 0.25) is 0 Å². The van der Waals surface area contributed by atoms with Crippen LogP contribution < -0.4 is 0 Å². The lowest BCUT2D eigenvalue weighted by molar-refractivity contribution is -0.0158. The Morgan fingerprint density at radius 1 is 1.18 bits per heavy atom. The Hall–Kier alpha value is -0.170. The lowest BCUT2D eigenvalue weighted by atomic mass is 10.3. The average molecular weight is 264 g/mol. The van der Waals surface area contributed by atoms with E-state index in [4.69, 9.17) is 0 Å². The molecule has 5 nitrogen and oxygen atoms in total. The molecule has 1 heterocycles. The molecule has 0 radical (unpaired) electrons. The number of sulfonamides is 1. The second-order valence-corrected chi connectivity index (χ2v) is 6.58. The number of aliphatic hydroxyl groups is 1. The highest BCUT2D eigenvalue weighted by Crippen LogP contribution is 2.12. The molecule has 1 saturated heterocycles. The van der Waals surface area contributed by atoms with Gasteiger partial charge in [-0.3, -0.25) is 4.90 Å². The van der Waals surface area contributed by atoms with Gasteiger partial charge in [-0.1, -0.05) is 20.3 Å². The fourth-order valence-corrected chi connectivity index (χ4v) is 3.63. The van der Waals surface area contributed by atoms with Gasteiger partial charge in [0.25, 0.3) is 0 Å². The summed E-state index contributed by atoms with van der Waals surface area (Å²) in [6.45, 7) is 6.17. The van der Waals surface area contributed by atoms with Gasteiger partial charge in [-0.15, -0.1) is 0 Å². The third-order valence-electron chi connectivity index (χ3n) is 3.21. The molecule has 102 valence electrons. The lowest BCUT2D eigenvalue weighted by Crippen LogP contribution is -2.52. The Labute approximate surface area is 104 Å². The number of nitrogens with zero attached hydrogens (tertiary/aromatic N) is 2. The molecule has 0 saturated carbocycles. The minimum absolute atomic E-state index is 0.250. The Morgan fingerprint density at radius 3 is 2.24 bits per heavy atom. The molecule has 17 heavy (non-hydrogen) atoms. The minimum atomic E-state index is -3.08. The summed E-state index contributed by atoms with van der Waals surface area (Å²) in [6, 6.07) is 0. The molecule has 1 N–H and O–H groups in total. The summed E-state index contributed by atoms with van der Waals surface area (Å²) >= 11 is 0. The molecule has 0 bridgehead atoms. The molecule has 1 fully saturated rings. The standard InChI is InChI=1S/C11H24N2O3S/c1-3-5-10-17(15,16)13-8-6-12(7-9-13)11(14)4-2/h11,14H,3-10H2,1-2H3. The van der Waals surface area contributed by atoms with Crippen LogP contribution in [0.4, 0.5) is 0 Å². The quantitative estimate of drug-likeness (QED) is 0.757. The second-order valence-electron chi connectivity index (χ2n) is 4.49. The third kappa shape index (κ3) is 4.21. The first kappa shape index (κ1) is 14.9. The van der Waals surface area contributed by atoms with Gasteiger partial charge >= 0.3 is 0 Å². The monoisotopic (exact) mass is 264 g/mol. The van der Waals surface area contributed by atoms with Gasteiger partial charge < -0.3 is 5.11 Å². The number of hydrogen-bond acceptors (Lipinski definition) is 4. The highest BCUT2D eigenvalue weighted by molar-refractivity contribution is 7.89. The topological polar surface area (TPSA) is 60.9 Å². The summed E-state index contributed by atoms with van der Waals surface area (Å²) in [6.07, 6.45) is 1.87. The molecule has 6 heteroatoms. The van der Waals surface area contributed by atoms with Crippen molar-refractivity contribution in [1.82, 2.24) is 9.21 Å². The number of aliphatic hydroxyl groups excluding tert-OH is 1. The summed E-state index contributed by atoms with van der Waals surface area (Å²) < 4.78 is 25.4. The average Bonchev–Trinajstić information content (AvgIpc) is 2.35. The van der Waals surface area contributed by atoms with E-state index in [-0.39, 0.29) is 5.75 Å². The first-order chi connectivity index (χ1) is 8.01. The lowest BCUT2D eigenvalue weighted by Gasteiger charge is -2.36. The van der Waals surface area contributed by atoms with Crippen molar-refractivity contribution < 1.29 is 13.5 Å². The van der Waals surface area contributed by atoms with Crippen LogP contribution in [0, 0.1) is 0 Å². The molecule has 1 aliphatic heterocycles. The van der Waals surface area contributed by atoms with Gasteiger partial charge in [0.1, 0.15) is 6.23 Å². The van der Waals surface area contributed by atoms with Crippen LogP contribution in [0.1, 0.15) is 33.1 Å². The maximum absolute atomic E-state index is 11.9. The van der Waals surface area contributed by atoms with E-state index >= 15 is 0 Å². The molecule has 0 aliphatic carbocycles. The van der Waals surface area contributed by atoms with E-state index in [0.29, 0.717) is 32.6 Å². The third-order valence-corrected chi connectivity index (χ3v) is 5.17. The molecular weight excluding hydrogens is 240 g/mol. The van der Waals surface area contributed by atoms with Crippen molar-refractivity contribution in [2.75, 3.05) is 31.9 Å². The van der Waals surface area contributed by atoms with Crippen molar-refractivity contribution in [3.05, 3.63) is 0 Å². The summed E-state index contributed by atoms with van der Waals surface area (Å²) in [5.74, 6) is 0.250. The van der Waals surface area contributed by atoms with Gasteiger partial charge in [-0.2, -0.15) is 4.31 Å². The van der Waals surface area contributed by atoms with Gasteiger partial charge in [-0.05, 0) is 12.8 Å². The van der Waals surface area contributed by atoms with E-state index in [9.17, 15) is 13.5 Å². The van der Waals surface area contributed by atoms with E-state index in [0.717, 1.165) is 12.8 Å². The predicted molar refractivity (Wildman–Crippen MR) is 68.1 cm³/mol.